The quantitative estimate of drug-likeness (QED) is 0.664. The second-order valence-corrected chi connectivity index (χ2v) is 4.24. The summed E-state index contributed by atoms with van der Waals surface area (Å²) in [6.07, 6.45) is 2.99. The molecular weight excluding hydrogens is 222 g/mol. The molecule has 1 heterocycles. The molecule has 0 aliphatic heterocycles. The SMILES string of the molecule is O=C(N[C@@H]1CCCC[C@H]1O)c1ccc(=O)[nH]n1. The fourth-order valence-electron chi connectivity index (χ4n) is 1.99. The molecule has 0 radical (unpaired) electrons. The van der Waals surface area contributed by atoms with Crippen LogP contribution in [0.3, 0.4) is 0 Å². The van der Waals surface area contributed by atoms with Crippen LogP contribution in [-0.2, 0) is 0 Å². The Morgan fingerprint density at radius 3 is 2.82 bits per heavy atom. The molecule has 1 aromatic heterocycles. The second-order valence-electron chi connectivity index (χ2n) is 4.24. The summed E-state index contributed by atoms with van der Waals surface area (Å²) in [7, 11) is 0. The summed E-state index contributed by atoms with van der Waals surface area (Å²) in [5.41, 5.74) is -0.193. The Labute approximate surface area is 98.1 Å². The van der Waals surface area contributed by atoms with Crippen LogP contribution in [0.25, 0.3) is 0 Å². The largest absolute Gasteiger partial charge is 0.391 e. The Bertz CT molecular complexity index is 437. The van der Waals surface area contributed by atoms with E-state index in [9.17, 15) is 14.7 Å². The van der Waals surface area contributed by atoms with Crippen molar-refractivity contribution in [2.45, 2.75) is 37.8 Å². The summed E-state index contributed by atoms with van der Waals surface area (Å²) in [5.74, 6) is -0.368. The molecule has 1 fully saturated rings. The van der Waals surface area contributed by atoms with Gasteiger partial charge in [-0.15, -0.1) is 0 Å². The van der Waals surface area contributed by atoms with Gasteiger partial charge in [-0.1, -0.05) is 12.8 Å². The maximum absolute atomic E-state index is 11.8. The third-order valence-corrected chi connectivity index (χ3v) is 2.96. The van der Waals surface area contributed by atoms with Crippen LogP contribution in [0.15, 0.2) is 16.9 Å². The number of H-pyrrole nitrogens is 1. The van der Waals surface area contributed by atoms with Crippen molar-refractivity contribution in [1.82, 2.24) is 15.5 Å². The van der Waals surface area contributed by atoms with E-state index < -0.39 is 6.10 Å². The Morgan fingerprint density at radius 1 is 1.41 bits per heavy atom. The van der Waals surface area contributed by atoms with Crippen molar-refractivity contribution in [3.05, 3.63) is 28.2 Å². The smallest absolute Gasteiger partial charge is 0.272 e. The Balaban J connectivity index is 2.01. The zero-order valence-electron chi connectivity index (χ0n) is 9.35. The van der Waals surface area contributed by atoms with Crippen molar-refractivity contribution in [2.75, 3.05) is 0 Å². The molecule has 92 valence electrons. The number of aliphatic hydroxyl groups excluding tert-OH is 1. The number of hydrogen-bond donors (Lipinski definition) is 3. The van der Waals surface area contributed by atoms with Crippen molar-refractivity contribution in [3.63, 3.8) is 0 Å². The van der Waals surface area contributed by atoms with Gasteiger partial charge < -0.3 is 10.4 Å². The number of nitrogens with zero attached hydrogens (tertiary/aromatic N) is 1. The summed E-state index contributed by atoms with van der Waals surface area (Å²) in [6.45, 7) is 0. The number of nitrogens with one attached hydrogen (secondary N) is 2. The van der Waals surface area contributed by atoms with E-state index in [0.29, 0.717) is 6.42 Å². The van der Waals surface area contributed by atoms with E-state index in [1.54, 1.807) is 0 Å². The summed E-state index contributed by atoms with van der Waals surface area (Å²) < 4.78 is 0. The lowest BCUT2D eigenvalue weighted by molar-refractivity contribution is 0.0713. The second kappa shape index (κ2) is 5.09. The molecule has 1 amide bonds. The third-order valence-electron chi connectivity index (χ3n) is 2.96. The van der Waals surface area contributed by atoms with Crippen molar-refractivity contribution in [2.24, 2.45) is 0 Å². The molecule has 2 atom stereocenters. The molecule has 0 spiro atoms. The number of hydrogen-bond acceptors (Lipinski definition) is 4. The minimum Gasteiger partial charge on any atom is -0.391 e. The molecule has 1 aliphatic carbocycles. The zero-order valence-corrected chi connectivity index (χ0v) is 9.35. The highest BCUT2D eigenvalue weighted by Crippen LogP contribution is 2.18. The van der Waals surface area contributed by atoms with Gasteiger partial charge in [0.1, 0.15) is 5.69 Å². The number of carbonyl (C=O) groups is 1. The molecule has 6 nitrogen and oxygen atoms in total. The van der Waals surface area contributed by atoms with Crippen LogP contribution >= 0.6 is 0 Å². The predicted molar refractivity (Wildman–Crippen MR) is 60.6 cm³/mol. The van der Waals surface area contributed by atoms with Crippen molar-refractivity contribution in [3.8, 4) is 0 Å². The Hall–Kier alpha value is -1.69. The Morgan fingerprint density at radius 2 is 2.18 bits per heavy atom. The highest BCUT2D eigenvalue weighted by Gasteiger charge is 2.25. The summed E-state index contributed by atoms with van der Waals surface area (Å²) >= 11 is 0. The topological polar surface area (TPSA) is 95.1 Å². The van der Waals surface area contributed by atoms with Gasteiger partial charge in [-0.25, -0.2) is 5.10 Å². The highest BCUT2D eigenvalue weighted by molar-refractivity contribution is 5.92. The van der Waals surface area contributed by atoms with Crippen LogP contribution < -0.4 is 10.9 Å². The van der Waals surface area contributed by atoms with Gasteiger partial charge in [0, 0.05) is 6.07 Å². The van der Waals surface area contributed by atoms with Crippen molar-refractivity contribution < 1.29 is 9.90 Å². The van der Waals surface area contributed by atoms with E-state index in [1.807, 2.05) is 0 Å². The molecule has 1 aliphatic rings. The Kier molecular flexibility index (Phi) is 3.53. The van der Waals surface area contributed by atoms with Crippen LogP contribution in [0.5, 0.6) is 0 Å². The summed E-state index contributed by atoms with van der Waals surface area (Å²) in [6, 6.07) is 2.40. The van der Waals surface area contributed by atoms with Gasteiger partial charge in [-0.05, 0) is 18.9 Å². The van der Waals surface area contributed by atoms with Gasteiger partial charge >= 0.3 is 0 Å². The van der Waals surface area contributed by atoms with Gasteiger partial charge in [0.05, 0.1) is 12.1 Å². The van der Waals surface area contributed by atoms with E-state index in [2.05, 4.69) is 15.5 Å². The fraction of sp³-hybridized carbons (Fsp3) is 0.545. The van der Waals surface area contributed by atoms with Crippen LogP contribution in [0.1, 0.15) is 36.2 Å². The van der Waals surface area contributed by atoms with Gasteiger partial charge in [0.2, 0.25) is 0 Å². The van der Waals surface area contributed by atoms with E-state index in [1.165, 1.54) is 12.1 Å². The van der Waals surface area contributed by atoms with Crippen LogP contribution in [0.2, 0.25) is 0 Å². The number of aromatic nitrogens is 2. The number of carbonyl (C=O) groups excluding carboxylic acids is 1. The third kappa shape index (κ3) is 2.91. The molecule has 17 heavy (non-hydrogen) atoms. The first-order valence-corrected chi connectivity index (χ1v) is 5.71. The number of amides is 1. The summed E-state index contributed by atoms with van der Waals surface area (Å²) in [5, 5.41) is 18.3. The molecule has 3 N–H and O–H groups in total. The van der Waals surface area contributed by atoms with E-state index in [4.69, 9.17) is 0 Å². The summed E-state index contributed by atoms with van der Waals surface area (Å²) in [4.78, 5) is 22.6. The molecule has 0 saturated heterocycles. The monoisotopic (exact) mass is 237 g/mol. The normalized spacial score (nSPS) is 24.3. The average molecular weight is 237 g/mol. The first kappa shape index (κ1) is 11.8. The average Bonchev–Trinajstić information content (AvgIpc) is 2.33. The van der Waals surface area contributed by atoms with E-state index in [-0.39, 0.29) is 23.2 Å². The maximum Gasteiger partial charge on any atom is 0.272 e. The molecule has 2 rings (SSSR count). The van der Waals surface area contributed by atoms with Gasteiger partial charge in [0.25, 0.3) is 11.5 Å². The lowest BCUT2D eigenvalue weighted by Gasteiger charge is -2.28. The number of rotatable bonds is 2. The van der Waals surface area contributed by atoms with Gasteiger partial charge in [-0.3, -0.25) is 9.59 Å². The molecule has 0 aromatic carbocycles. The standard InChI is InChI=1S/C11H15N3O3/c15-9-4-2-1-3-7(9)12-11(17)8-5-6-10(16)14-13-8/h5-7,9,15H,1-4H2,(H,12,17)(H,14,16)/t7-,9-/m1/s1. The molecular formula is C11H15N3O3. The first-order chi connectivity index (χ1) is 8.16. The van der Waals surface area contributed by atoms with Crippen molar-refractivity contribution >= 4 is 5.91 Å². The number of aliphatic hydroxyl groups is 1. The predicted octanol–water partition coefficient (Wildman–Crippen LogP) is -0.197. The van der Waals surface area contributed by atoms with E-state index >= 15 is 0 Å². The minimum absolute atomic E-state index is 0.155. The van der Waals surface area contributed by atoms with Gasteiger partial charge in [0.15, 0.2) is 0 Å². The van der Waals surface area contributed by atoms with Crippen LogP contribution in [-0.4, -0.2) is 33.4 Å². The molecule has 1 saturated carbocycles. The van der Waals surface area contributed by atoms with Crippen molar-refractivity contribution in [1.29, 1.82) is 0 Å². The van der Waals surface area contributed by atoms with Gasteiger partial charge in [-0.2, -0.15) is 5.10 Å². The minimum atomic E-state index is -0.490. The lowest BCUT2D eigenvalue weighted by atomic mass is 9.92. The number of aromatic amines is 1. The van der Waals surface area contributed by atoms with Crippen LogP contribution in [0.4, 0.5) is 0 Å². The fourth-order valence-corrected chi connectivity index (χ4v) is 1.99. The molecule has 1 aromatic rings. The van der Waals surface area contributed by atoms with E-state index in [0.717, 1.165) is 19.3 Å². The zero-order chi connectivity index (χ0) is 12.3. The maximum atomic E-state index is 11.8. The highest BCUT2D eigenvalue weighted by atomic mass is 16.3. The molecule has 0 bridgehead atoms. The lowest BCUT2D eigenvalue weighted by Crippen LogP contribution is -2.45. The molecule has 0 unspecified atom stereocenters. The molecule has 6 heteroatoms. The first-order valence-electron chi connectivity index (χ1n) is 5.71. The van der Waals surface area contributed by atoms with Crippen LogP contribution in [0, 0.1) is 0 Å².